The average molecular weight is 348 g/mol. The summed E-state index contributed by atoms with van der Waals surface area (Å²) in [4.78, 5) is 21.2. The van der Waals surface area contributed by atoms with Crippen LogP contribution in [0.15, 0.2) is 18.3 Å². The summed E-state index contributed by atoms with van der Waals surface area (Å²) in [6, 6.07) is 5.03. The number of aromatic nitrogens is 1. The zero-order valence-electron chi connectivity index (χ0n) is 16.6. The molecule has 0 bridgehead atoms. The molecule has 0 spiro atoms. The summed E-state index contributed by atoms with van der Waals surface area (Å²) in [5.41, 5.74) is 0.723. The third-order valence-electron chi connectivity index (χ3n) is 4.45. The monoisotopic (exact) mass is 347 g/mol. The molecule has 5 heteroatoms. The van der Waals surface area contributed by atoms with E-state index in [1.54, 1.807) is 4.90 Å². The van der Waals surface area contributed by atoms with Crippen molar-refractivity contribution in [3.8, 4) is 0 Å². The second-order valence-corrected chi connectivity index (χ2v) is 8.07. The highest BCUT2D eigenvalue weighted by Crippen LogP contribution is 2.33. The second kappa shape index (κ2) is 8.17. The van der Waals surface area contributed by atoms with Gasteiger partial charge in [-0.3, -0.25) is 9.80 Å². The Balaban J connectivity index is 2.16. The standard InChI is InChI=1S/C20H33N3O2/c1-7-12-23(19(24)25-20(4,5)6)18-11-10-16(14-21-18)17-9-8-13-22(17)15(2)3/h10-11,14-15,17H,7-9,12-13H2,1-6H3. The molecule has 0 saturated carbocycles. The summed E-state index contributed by atoms with van der Waals surface area (Å²) in [6.07, 6.45) is 4.84. The van der Waals surface area contributed by atoms with Crippen molar-refractivity contribution in [2.75, 3.05) is 18.0 Å². The highest BCUT2D eigenvalue weighted by molar-refractivity contribution is 5.86. The van der Waals surface area contributed by atoms with Crippen molar-refractivity contribution >= 4 is 11.9 Å². The number of carbonyl (C=O) groups is 1. The highest BCUT2D eigenvalue weighted by atomic mass is 16.6. The van der Waals surface area contributed by atoms with Gasteiger partial charge >= 0.3 is 6.09 Å². The van der Waals surface area contributed by atoms with E-state index in [1.165, 1.54) is 18.4 Å². The Kier molecular flexibility index (Phi) is 6.44. The molecule has 2 heterocycles. The van der Waals surface area contributed by atoms with E-state index in [0.29, 0.717) is 24.4 Å². The smallest absolute Gasteiger partial charge is 0.416 e. The molecule has 1 amide bonds. The van der Waals surface area contributed by atoms with Crippen LogP contribution in [0.3, 0.4) is 0 Å². The first-order chi connectivity index (χ1) is 11.7. The fourth-order valence-corrected chi connectivity index (χ4v) is 3.36. The summed E-state index contributed by atoms with van der Waals surface area (Å²) >= 11 is 0. The first-order valence-electron chi connectivity index (χ1n) is 9.45. The van der Waals surface area contributed by atoms with Gasteiger partial charge in [-0.1, -0.05) is 13.0 Å². The Morgan fingerprint density at radius 3 is 2.64 bits per heavy atom. The zero-order valence-corrected chi connectivity index (χ0v) is 16.6. The van der Waals surface area contributed by atoms with E-state index in [0.717, 1.165) is 13.0 Å². The molecule has 25 heavy (non-hydrogen) atoms. The number of nitrogens with zero attached hydrogens (tertiary/aromatic N) is 3. The minimum absolute atomic E-state index is 0.334. The molecule has 1 saturated heterocycles. The van der Waals surface area contributed by atoms with Crippen molar-refractivity contribution in [3.05, 3.63) is 23.9 Å². The molecular weight excluding hydrogens is 314 g/mol. The minimum Gasteiger partial charge on any atom is -0.443 e. The van der Waals surface area contributed by atoms with Gasteiger partial charge in [-0.05, 0) is 72.1 Å². The number of hydrogen-bond donors (Lipinski definition) is 0. The number of amides is 1. The second-order valence-electron chi connectivity index (χ2n) is 8.07. The maximum Gasteiger partial charge on any atom is 0.416 e. The fourth-order valence-electron chi connectivity index (χ4n) is 3.36. The molecule has 1 fully saturated rings. The molecule has 140 valence electrons. The van der Waals surface area contributed by atoms with Crippen molar-refractivity contribution in [3.63, 3.8) is 0 Å². The normalized spacial score (nSPS) is 18.6. The Hall–Kier alpha value is -1.62. The Morgan fingerprint density at radius 1 is 1.40 bits per heavy atom. The summed E-state index contributed by atoms with van der Waals surface area (Å²) in [6.45, 7) is 13.9. The molecule has 0 radical (unpaired) electrons. The summed E-state index contributed by atoms with van der Waals surface area (Å²) in [5, 5.41) is 0. The number of anilines is 1. The van der Waals surface area contributed by atoms with E-state index >= 15 is 0 Å². The van der Waals surface area contributed by atoms with Gasteiger partial charge in [0.25, 0.3) is 0 Å². The van der Waals surface area contributed by atoms with E-state index in [2.05, 4.69) is 29.8 Å². The molecule has 2 rings (SSSR count). The van der Waals surface area contributed by atoms with E-state index in [1.807, 2.05) is 40.0 Å². The molecule has 1 aliphatic rings. The SMILES string of the molecule is CCCN(C(=O)OC(C)(C)C)c1ccc(C2CCCN2C(C)C)cn1. The molecule has 0 aromatic carbocycles. The number of carbonyl (C=O) groups excluding carboxylic acids is 1. The number of pyridine rings is 1. The van der Waals surface area contributed by atoms with Crippen LogP contribution in [0, 0.1) is 0 Å². The number of likely N-dealkylation sites (tertiary alicyclic amines) is 1. The summed E-state index contributed by atoms with van der Waals surface area (Å²) in [7, 11) is 0. The van der Waals surface area contributed by atoms with E-state index in [9.17, 15) is 4.79 Å². The van der Waals surface area contributed by atoms with Crippen molar-refractivity contribution in [1.29, 1.82) is 0 Å². The van der Waals surface area contributed by atoms with Gasteiger partial charge in [0.1, 0.15) is 11.4 Å². The van der Waals surface area contributed by atoms with Gasteiger partial charge in [-0.2, -0.15) is 0 Å². The molecule has 0 N–H and O–H groups in total. The number of hydrogen-bond acceptors (Lipinski definition) is 4. The third kappa shape index (κ3) is 5.18. The largest absolute Gasteiger partial charge is 0.443 e. The summed E-state index contributed by atoms with van der Waals surface area (Å²) < 4.78 is 5.52. The van der Waals surface area contributed by atoms with Gasteiger partial charge in [0, 0.05) is 24.8 Å². The highest BCUT2D eigenvalue weighted by Gasteiger charge is 2.29. The van der Waals surface area contributed by atoms with Crippen LogP contribution in [-0.4, -0.2) is 40.7 Å². The first-order valence-corrected chi connectivity index (χ1v) is 9.45. The van der Waals surface area contributed by atoms with Gasteiger partial charge in [0.15, 0.2) is 0 Å². The topological polar surface area (TPSA) is 45.7 Å². The van der Waals surface area contributed by atoms with E-state index in [-0.39, 0.29) is 6.09 Å². The quantitative estimate of drug-likeness (QED) is 0.769. The van der Waals surface area contributed by atoms with Gasteiger partial charge in [-0.25, -0.2) is 9.78 Å². The first kappa shape index (κ1) is 19.7. The van der Waals surface area contributed by atoms with Gasteiger partial charge in [-0.15, -0.1) is 0 Å². The Bertz CT molecular complexity index is 563. The van der Waals surface area contributed by atoms with Crippen molar-refractivity contribution < 1.29 is 9.53 Å². The van der Waals surface area contributed by atoms with Crippen molar-refractivity contribution in [2.24, 2.45) is 0 Å². The minimum atomic E-state index is -0.509. The number of ether oxygens (including phenoxy) is 1. The van der Waals surface area contributed by atoms with Gasteiger partial charge in [0.05, 0.1) is 0 Å². The van der Waals surface area contributed by atoms with Crippen LogP contribution in [0.25, 0.3) is 0 Å². The van der Waals surface area contributed by atoms with Crippen LogP contribution < -0.4 is 4.90 Å². The molecule has 1 aliphatic heterocycles. The number of rotatable bonds is 5. The predicted octanol–water partition coefficient (Wildman–Crippen LogP) is 4.78. The van der Waals surface area contributed by atoms with Crippen LogP contribution in [0.5, 0.6) is 0 Å². The molecule has 1 aromatic heterocycles. The Labute approximate surface area is 152 Å². The fraction of sp³-hybridized carbons (Fsp3) is 0.700. The lowest BCUT2D eigenvalue weighted by atomic mass is 10.1. The van der Waals surface area contributed by atoms with Crippen LogP contribution in [0.2, 0.25) is 0 Å². The van der Waals surface area contributed by atoms with Crippen LogP contribution in [0.1, 0.15) is 72.4 Å². The molecule has 1 aromatic rings. The lowest BCUT2D eigenvalue weighted by molar-refractivity contribution is 0.0579. The molecule has 1 unspecified atom stereocenters. The van der Waals surface area contributed by atoms with Crippen molar-refractivity contribution in [1.82, 2.24) is 9.88 Å². The molecule has 5 nitrogen and oxygen atoms in total. The predicted molar refractivity (Wildman–Crippen MR) is 102 cm³/mol. The maximum atomic E-state index is 12.5. The van der Waals surface area contributed by atoms with Crippen LogP contribution in [-0.2, 0) is 4.74 Å². The van der Waals surface area contributed by atoms with Gasteiger partial charge in [0.2, 0.25) is 0 Å². The van der Waals surface area contributed by atoms with Crippen LogP contribution >= 0.6 is 0 Å². The van der Waals surface area contributed by atoms with Gasteiger partial charge < -0.3 is 4.74 Å². The van der Waals surface area contributed by atoms with E-state index in [4.69, 9.17) is 4.74 Å². The Morgan fingerprint density at radius 2 is 2.12 bits per heavy atom. The zero-order chi connectivity index (χ0) is 18.6. The lowest BCUT2D eigenvalue weighted by Gasteiger charge is -2.29. The molecule has 1 atom stereocenters. The maximum absolute atomic E-state index is 12.5. The molecule has 0 aliphatic carbocycles. The molecular formula is C20H33N3O2. The third-order valence-corrected chi connectivity index (χ3v) is 4.45. The lowest BCUT2D eigenvalue weighted by Crippen LogP contribution is -2.38. The average Bonchev–Trinajstić information content (AvgIpc) is 3.01. The van der Waals surface area contributed by atoms with Crippen molar-refractivity contribution in [2.45, 2.75) is 78.5 Å². The van der Waals surface area contributed by atoms with E-state index < -0.39 is 5.60 Å². The summed E-state index contributed by atoms with van der Waals surface area (Å²) in [5.74, 6) is 0.661. The van der Waals surface area contributed by atoms with Crippen LogP contribution in [0.4, 0.5) is 10.6 Å².